The molecular weight excluding hydrogens is 334 g/mol. The molecule has 5 nitrogen and oxygen atoms in total. The number of likely N-dealkylation sites (N-methyl/N-ethyl adjacent to an activating group) is 1. The zero-order valence-corrected chi connectivity index (χ0v) is 15.3. The average Bonchev–Trinajstić information content (AvgIpc) is 3.33. The summed E-state index contributed by atoms with van der Waals surface area (Å²) in [5, 5.41) is 10.2. The van der Waals surface area contributed by atoms with E-state index in [1.807, 2.05) is 42.9 Å². The summed E-state index contributed by atoms with van der Waals surface area (Å²) in [6.45, 7) is 1.67. The minimum absolute atomic E-state index is 0.685. The molecule has 2 aromatic heterocycles. The molecule has 0 aliphatic heterocycles. The summed E-state index contributed by atoms with van der Waals surface area (Å²) >= 11 is 0. The molecular formula is C22H21N5. The van der Waals surface area contributed by atoms with Gasteiger partial charge in [0.1, 0.15) is 0 Å². The Morgan fingerprint density at radius 1 is 1.15 bits per heavy atom. The Morgan fingerprint density at radius 2 is 1.96 bits per heavy atom. The smallest absolute Gasteiger partial charge is 0.0991 e. The van der Waals surface area contributed by atoms with Gasteiger partial charge in [-0.15, -0.1) is 0 Å². The maximum atomic E-state index is 8.92. The first-order chi connectivity index (χ1) is 13.2. The Kier molecular flexibility index (Phi) is 4.63. The highest BCUT2D eigenvalue weighted by atomic mass is 15.1. The number of aromatic nitrogens is 3. The summed E-state index contributed by atoms with van der Waals surface area (Å²) in [6, 6.07) is 18.2. The minimum atomic E-state index is 0.685. The molecule has 4 rings (SSSR count). The van der Waals surface area contributed by atoms with Crippen LogP contribution < -0.4 is 4.90 Å². The van der Waals surface area contributed by atoms with Crippen LogP contribution >= 0.6 is 0 Å². The van der Waals surface area contributed by atoms with E-state index in [9.17, 15) is 0 Å². The molecule has 0 aliphatic rings. The van der Waals surface area contributed by atoms with Gasteiger partial charge in [0.05, 0.1) is 23.6 Å². The monoisotopic (exact) mass is 355 g/mol. The molecule has 5 heteroatoms. The number of nitrogens with zero attached hydrogens (tertiary/aromatic N) is 4. The first kappa shape index (κ1) is 16.9. The van der Waals surface area contributed by atoms with Crippen LogP contribution in [0.5, 0.6) is 0 Å². The van der Waals surface area contributed by atoms with Crippen LogP contribution in [0, 0.1) is 11.3 Å². The van der Waals surface area contributed by atoms with E-state index in [0.717, 1.165) is 25.0 Å². The Bertz CT molecular complexity index is 1080. The molecule has 0 amide bonds. The number of hydrogen-bond acceptors (Lipinski definition) is 3. The highest BCUT2D eigenvalue weighted by Gasteiger charge is 2.10. The fourth-order valence-corrected chi connectivity index (χ4v) is 3.35. The third-order valence-electron chi connectivity index (χ3n) is 4.92. The van der Waals surface area contributed by atoms with E-state index in [-0.39, 0.29) is 0 Å². The molecule has 27 heavy (non-hydrogen) atoms. The summed E-state index contributed by atoms with van der Waals surface area (Å²) < 4.78 is 2.17. The summed E-state index contributed by atoms with van der Waals surface area (Å²) in [4.78, 5) is 9.94. The van der Waals surface area contributed by atoms with Crippen LogP contribution in [-0.4, -0.2) is 28.1 Å². The fourth-order valence-electron chi connectivity index (χ4n) is 3.35. The minimum Gasteiger partial charge on any atom is -0.372 e. The molecule has 134 valence electrons. The normalized spacial score (nSPS) is 10.8. The van der Waals surface area contributed by atoms with Gasteiger partial charge in [-0.1, -0.05) is 30.3 Å². The molecule has 0 unspecified atom stereocenters. The van der Waals surface area contributed by atoms with Gasteiger partial charge >= 0.3 is 0 Å². The first-order valence-corrected chi connectivity index (χ1v) is 9.00. The second-order valence-electron chi connectivity index (χ2n) is 6.71. The Labute approximate surface area is 158 Å². The van der Waals surface area contributed by atoms with Crippen molar-refractivity contribution in [2.75, 3.05) is 18.5 Å². The maximum Gasteiger partial charge on any atom is 0.0991 e. The van der Waals surface area contributed by atoms with E-state index in [4.69, 9.17) is 5.26 Å². The van der Waals surface area contributed by atoms with Crippen LogP contribution in [-0.2, 0) is 13.0 Å². The number of nitrogens with one attached hydrogen (secondary N) is 1. The number of H-pyrrole nitrogens is 1. The topological polar surface area (TPSA) is 60.6 Å². The fraction of sp³-hybridized carbons (Fsp3) is 0.182. The zero-order chi connectivity index (χ0) is 18.6. The van der Waals surface area contributed by atoms with Crippen LogP contribution in [0.25, 0.3) is 10.9 Å². The third kappa shape index (κ3) is 3.56. The lowest BCUT2D eigenvalue weighted by molar-refractivity contribution is 0.724. The summed E-state index contributed by atoms with van der Waals surface area (Å²) in [7, 11) is 2.12. The molecule has 2 heterocycles. The van der Waals surface area contributed by atoms with E-state index in [0.29, 0.717) is 5.56 Å². The number of aromatic amines is 1. The van der Waals surface area contributed by atoms with Gasteiger partial charge in [-0.3, -0.25) is 0 Å². The molecule has 0 aliphatic carbocycles. The first-order valence-electron chi connectivity index (χ1n) is 9.00. The van der Waals surface area contributed by atoms with E-state index >= 15 is 0 Å². The van der Waals surface area contributed by atoms with Gasteiger partial charge in [0.25, 0.3) is 0 Å². The molecule has 1 N–H and O–H groups in total. The highest BCUT2D eigenvalue weighted by Crippen LogP contribution is 2.25. The SMILES string of the molecule is CN(CCc1cncn1Cc1ccc(C#N)cc1)c1c[nH]c2ccccc12. The van der Waals surface area contributed by atoms with Gasteiger partial charge in [-0.2, -0.15) is 5.26 Å². The molecule has 0 spiro atoms. The van der Waals surface area contributed by atoms with Gasteiger partial charge in [-0.05, 0) is 23.8 Å². The summed E-state index contributed by atoms with van der Waals surface area (Å²) in [6.07, 6.45) is 6.79. The predicted octanol–water partition coefficient (Wildman–Crippen LogP) is 3.96. The number of para-hydroxylation sites is 1. The summed E-state index contributed by atoms with van der Waals surface area (Å²) in [5.74, 6) is 0. The van der Waals surface area contributed by atoms with Crippen molar-refractivity contribution in [2.45, 2.75) is 13.0 Å². The molecule has 0 bridgehead atoms. The van der Waals surface area contributed by atoms with Crippen molar-refractivity contribution in [3.05, 3.63) is 84.1 Å². The number of nitriles is 1. The van der Waals surface area contributed by atoms with Crippen LogP contribution in [0.15, 0.2) is 67.3 Å². The van der Waals surface area contributed by atoms with Crippen LogP contribution in [0.3, 0.4) is 0 Å². The molecule has 0 atom stereocenters. The number of hydrogen-bond donors (Lipinski definition) is 1. The van der Waals surface area contributed by atoms with Crippen molar-refractivity contribution < 1.29 is 0 Å². The standard InChI is InChI=1S/C22H21N5/c1-26(22-14-25-21-5-3-2-4-20(21)22)11-10-19-13-24-16-27(19)15-18-8-6-17(12-23)7-9-18/h2-9,13-14,16,25H,10-11,15H2,1H3. The van der Waals surface area contributed by atoms with Crippen LogP contribution in [0.2, 0.25) is 0 Å². The largest absolute Gasteiger partial charge is 0.372 e. The quantitative estimate of drug-likeness (QED) is 0.569. The Morgan fingerprint density at radius 3 is 2.78 bits per heavy atom. The second kappa shape index (κ2) is 7.38. The van der Waals surface area contributed by atoms with Crippen molar-refractivity contribution in [1.29, 1.82) is 5.26 Å². The molecule has 2 aromatic carbocycles. The molecule has 4 aromatic rings. The number of anilines is 1. The van der Waals surface area contributed by atoms with Crippen molar-refractivity contribution in [1.82, 2.24) is 14.5 Å². The van der Waals surface area contributed by atoms with Gasteiger partial charge in [-0.25, -0.2) is 4.98 Å². The Hall–Kier alpha value is -3.52. The van der Waals surface area contributed by atoms with E-state index in [1.165, 1.54) is 22.3 Å². The van der Waals surface area contributed by atoms with Crippen molar-refractivity contribution >= 4 is 16.6 Å². The molecule has 0 radical (unpaired) electrons. The van der Waals surface area contributed by atoms with Gasteiger partial charge in [0, 0.05) is 55.5 Å². The Balaban J connectivity index is 1.44. The number of imidazole rings is 1. The zero-order valence-electron chi connectivity index (χ0n) is 15.3. The number of fused-ring (bicyclic) bond motifs is 1. The van der Waals surface area contributed by atoms with Crippen molar-refractivity contribution in [2.24, 2.45) is 0 Å². The average molecular weight is 355 g/mol. The van der Waals surface area contributed by atoms with Gasteiger partial charge < -0.3 is 14.5 Å². The lowest BCUT2D eigenvalue weighted by Gasteiger charge is -2.19. The van der Waals surface area contributed by atoms with Crippen LogP contribution in [0.4, 0.5) is 5.69 Å². The number of benzene rings is 2. The molecule has 0 saturated heterocycles. The van der Waals surface area contributed by atoms with E-state index in [1.54, 1.807) is 0 Å². The highest BCUT2D eigenvalue weighted by molar-refractivity contribution is 5.92. The predicted molar refractivity (Wildman–Crippen MR) is 108 cm³/mol. The number of rotatable bonds is 6. The molecule has 0 saturated carbocycles. The third-order valence-corrected chi connectivity index (χ3v) is 4.92. The van der Waals surface area contributed by atoms with Crippen molar-refractivity contribution in [3.8, 4) is 6.07 Å². The van der Waals surface area contributed by atoms with E-state index < -0.39 is 0 Å². The van der Waals surface area contributed by atoms with Crippen LogP contribution in [0.1, 0.15) is 16.8 Å². The lowest BCUT2D eigenvalue weighted by Crippen LogP contribution is -2.21. The van der Waals surface area contributed by atoms with Gasteiger partial charge in [0.2, 0.25) is 0 Å². The maximum absolute atomic E-state index is 8.92. The van der Waals surface area contributed by atoms with Gasteiger partial charge in [0.15, 0.2) is 0 Å². The van der Waals surface area contributed by atoms with Crippen molar-refractivity contribution in [3.63, 3.8) is 0 Å². The lowest BCUT2D eigenvalue weighted by atomic mass is 10.1. The molecule has 0 fully saturated rings. The van der Waals surface area contributed by atoms with E-state index in [2.05, 4.69) is 56.9 Å². The second-order valence-corrected chi connectivity index (χ2v) is 6.71. The summed E-state index contributed by atoms with van der Waals surface area (Å²) in [5.41, 5.74) is 5.42.